The van der Waals surface area contributed by atoms with Crippen LogP contribution in [-0.2, 0) is 4.79 Å². The number of carbonyl (C=O) groups is 2. The Morgan fingerprint density at radius 1 is 1.37 bits per heavy atom. The molecule has 7 heteroatoms. The SMILES string of the molecule is CC[C@@H](C)NC(=O)NC(=O)CSC(=S)N1CCCC1. The van der Waals surface area contributed by atoms with Crippen LogP contribution >= 0.6 is 24.0 Å². The number of carbonyl (C=O) groups excluding carboxylic acids is 2. The maximum Gasteiger partial charge on any atom is 0.321 e. The van der Waals surface area contributed by atoms with E-state index in [0.717, 1.165) is 36.7 Å². The average molecular weight is 303 g/mol. The van der Waals surface area contributed by atoms with Gasteiger partial charge in [0, 0.05) is 19.1 Å². The Balaban J connectivity index is 2.20. The van der Waals surface area contributed by atoms with Gasteiger partial charge in [0.1, 0.15) is 4.32 Å². The molecule has 0 aromatic carbocycles. The summed E-state index contributed by atoms with van der Waals surface area (Å²) in [4.78, 5) is 25.1. The van der Waals surface area contributed by atoms with E-state index in [9.17, 15) is 9.59 Å². The Morgan fingerprint density at radius 3 is 2.58 bits per heavy atom. The van der Waals surface area contributed by atoms with Crippen LogP contribution in [0.5, 0.6) is 0 Å². The summed E-state index contributed by atoms with van der Waals surface area (Å²) in [6.07, 6.45) is 3.14. The van der Waals surface area contributed by atoms with Crippen LogP contribution in [0.3, 0.4) is 0 Å². The lowest BCUT2D eigenvalue weighted by atomic mass is 10.3. The monoisotopic (exact) mass is 303 g/mol. The molecule has 1 atom stereocenters. The Morgan fingerprint density at radius 2 is 2.00 bits per heavy atom. The molecule has 3 amide bonds. The third kappa shape index (κ3) is 6.24. The van der Waals surface area contributed by atoms with E-state index in [0.29, 0.717) is 0 Å². The number of amides is 3. The zero-order chi connectivity index (χ0) is 14.3. The summed E-state index contributed by atoms with van der Waals surface area (Å²) < 4.78 is 0.745. The minimum absolute atomic E-state index is 0.0612. The predicted octanol–water partition coefficient (Wildman–Crippen LogP) is 1.72. The maximum absolute atomic E-state index is 11.6. The molecule has 0 unspecified atom stereocenters. The molecule has 108 valence electrons. The zero-order valence-corrected chi connectivity index (χ0v) is 13.0. The minimum atomic E-state index is -0.438. The number of nitrogens with one attached hydrogen (secondary N) is 2. The molecule has 0 aromatic rings. The van der Waals surface area contributed by atoms with E-state index in [1.54, 1.807) is 0 Å². The van der Waals surface area contributed by atoms with Gasteiger partial charge in [0.05, 0.1) is 5.75 Å². The molecule has 0 aliphatic carbocycles. The molecule has 5 nitrogen and oxygen atoms in total. The zero-order valence-electron chi connectivity index (χ0n) is 11.4. The molecular weight excluding hydrogens is 282 g/mol. The minimum Gasteiger partial charge on any atom is -0.358 e. The van der Waals surface area contributed by atoms with Gasteiger partial charge in [-0.1, -0.05) is 30.9 Å². The van der Waals surface area contributed by atoms with E-state index < -0.39 is 6.03 Å². The Hall–Kier alpha value is -0.820. The molecule has 1 saturated heterocycles. The number of hydrogen-bond acceptors (Lipinski definition) is 4. The lowest BCUT2D eigenvalue weighted by molar-refractivity contribution is -0.117. The summed E-state index contributed by atoms with van der Waals surface area (Å²) in [6, 6.07) is -0.377. The summed E-state index contributed by atoms with van der Waals surface area (Å²) in [6.45, 7) is 5.81. The van der Waals surface area contributed by atoms with Gasteiger partial charge < -0.3 is 10.2 Å². The first kappa shape index (κ1) is 16.2. The molecule has 0 saturated carbocycles. The molecule has 1 aliphatic rings. The van der Waals surface area contributed by atoms with Crippen LogP contribution < -0.4 is 10.6 Å². The molecular formula is C12H21N3O2S2. The first-order chi connectivity index (χ1) is 9.02. The van der Waals surface area contributed by atoms with Crippen LogP contribution in [-0.4, -0.2) is 46.0 Å². The fraction of sp³-hybridized carbons (Fsp3) is 0.750. The van der Waals surface area contributed by atoms with Crippen molar-refractivity contribution in [3.05, 3.63) is 0 Å². The lowest BCUT2D eigenvalue weighted by Gasteiger charge is -2.17. The van der Waals surface area contributed by atoms with Crippen molar-refractivity contribution in [2.75, 3.05) is 18.8 Å². The van der Waals surface area contributed by atoms with Gasteiger partial charge in [0.25, 0.3) is 0 Å². The molecule has 1 fully saturated rings. The van der Waals surface area contributed by atoms with Gasteiger partial charge in [0.15, 0.2) is 0 Å². The summed E-state index contributed by atoms with van der Waals surface area (Å²) in [5, 5.41) is 4.98. The predicted molar refractivity (Wildman–Crippen MR) is 82.3 cm³/mol. The van der Waals surface area contributed by atoms with Crippen molar-refractivity contribution in [2.24, 2.45) is 0 Å². The third-order valence-electron chi connectivity index (χ3n) is 2.93. The van der Waals surface area contributed by atoms with Gasteiger partial charge in [-0.05, 0) is 26.2 Å². The van der Waals surface area contributed by atoms with Crippen LogP contribution in [0.1, 0.15) is 33.1 Å². The van der Waals surface area contributed by atoms with E-state index in [2.05, 4.69) is 15.5 Å². The van der Waals surface area contributed by atoms with Crippen molar-refractivity contribution >= 4 is 40.2 Å². The average Bonchev–Trinajstić information content (AvgIpc) is 2.89. The Kier molecular flexibility index (Phi) is 7.15. The number of hydrogen-bond donors (Lipinski definition) is 2. The van der Waals surface area contributed by atoms with Crippen molar-refractivity contribution in [2.45, 2.75) is 39.2 Å². The Bertz CT molecular complexity index is 344. The largest absolute Gasteiger partial charge is 0.358 e. The number of urea groups is 1. The molecule has 1 rings (SSSR count). The van der Waals surface area contributed by atoms with Gasteiger partial charge in [-0.25, -0.2) is 4.79 Å². The molecule has 1 aliphatic heterocycles. The van der Waals surface area contributed by atoms with Crippen LogP contribution in [0.2, 0.25) is 0 Å². The molecule has 19 heavy (non-hydrogen) atoms. The van der Waals surface area contributed by atoms with Crippen molar-refractivity contribution in [1.29, 1.82) is 0 Å². The smallest absolute Gasteiger partial charge is 0.321 e. The summed E-state index contributed by atoms with van der Waals surface area (Å²) in [5.41, 5.74) is 0. The number of imide groups is 1. The van der Waals surface area contributed by atoms with E-state index >= 15 is 0 Å². The molecule has 0 bridgehead atoms. The number of likely N-dealkylation sites (tertiary alicyclic amines) is 1. The fourth-order valence-electron chi connectivity index (χ4n) is 1.64. The lowest BCUT2D eigenvalue weighted by Crippen LogP contribution is -2.44. The summed E-state index contributed by atoms with van der Waals surface area (Å²) in [7, 11) is 0. The van der Waals surface area contributed by atoms with Gasteiger partial charge in [-0.15, -0.1) is 0 Å². The quantitative estimate of drug-likeness (QED) is 0.775. The number of nitrogens with zero attached hydrogens (tertiary/aromatic N) is 1. The molecule has 0 radical (unpaired) electrons. The van der Waals surface area contributed by atoms with Crippen LogP contribution in [0.25, 0.3) is 0 Å². The highest BCUT2D eigenvalue weighted by atomic mass is 32.2. The highest BCUT2D eigenvalue weighted by molar-refractivity contribution is 8.23. The van der Waals surface area contributed by atoms with Crippen molar-refractivity contribution in [3.63, 3.8) is 0 Å². The highest BCUT2D eigenvalue weighted by Crippen LogP contribution is 2.15. The second-order valence-corrected chi connectivity index (χ2v) is 6.19. The fourth-order valence-corrected chi connectivity index (χ4v) is 2.69. The van der Waals surface area contributed by atoms with E-state index in [-0.39, 0.29) is 17.7 Å². The van der Waals surface area contributed by atoms with Crippen LogP contribution in [0.4, 0.5) is 4.79 Å². The summed E-state index contributed by atoms with van der Waals surface area (Å²) in [5.74, 6) is -0.129. The van der Waals surface area contributed by atoms with Crippen molar-refractivity contribution < 1.29 is 9.59 Å². The topological polar surface area (TPSA) is 61.4 Å². The van der Waals surface area contributed by atoms with Gasteiger partial charge >= 0.3 is 6.03 Å². The van der Waals surface area contributed by atoms with Crippen LogP contribution in [0.15, 0.2) is 0 Å². The molecule has 2 N–H and O–H groups in total. The van der Waals surface area contributed by atoms with E-state index in [1.165, 1.54) is 11.8 Å². The normalized spacial score (nSPS) is 16.0. The number of rotatable bonds is 4. The third-order valence-corrected chi connectivity index (χ3v) is 4.46. The first-order valence-corrected chi connectivity index (χ1v) is 7.94. The van der Waals surface area contributed by atoms with E-state index in [1.807, 2.05) is 13.8 Å². The summed E-state index contributed by atoms with van der Waals surface area (Å²) >= 11 is 6.56. The number of thiocarbonyl (C=S) groups is 1. The van der Waals surface area contributed by atoms with Gasteiger partial charge in [-0.2, -0.15) is 0 Å². The first-order valence-electron chi connectivity index (χ1n) is 6.55. The standard InChI is InChI=1S/C12H21N3O2S2/c1-3-9(2)13-11(17)14-10(16)8-19-12(18)15-6-4-5-7-15/h9H,3-8H2,1-2H3,(H2,13,14,16,17)/t9-/m1/s1. The van der Waals surface area contributed by atoms with Crippen molar-refractivity contribution in [1.82, 2.24) is 15.5 Å². The number of thioether (sulfide) groups is 1. The molecule has 0 spiro atoms. The van der Waals surface area contributed by atoms with Crippen molar-refractivity contribution in [3.8, 4) is 0 Å². The molecule has 0 aromatic heterocycles. The van der Waals surface area contributed by atoms with Gasteiger partial charge in [0.2, 0.25) is 5.91 Å². The van der Waals surface area contributed by atoms with E-state index in [4.69, 9.17) is 12.2 Å². The molecule has 1 heterocycles. The highest BCUT2D eigenvalue weighted by Gasteiger charge is 2.17. The van der Waals surface area contributed by atoms with Gasteiger partial charge in [-0.3, -0.25) is 10.1 Å². The van der Waals surface area contributed by atoms with Crippen LogP contribution in [0, 0.1) is 0 Å². The Labute approximate surface area is 123 Å². The second-order valence-electron chi connectivity index (χ2n) is 4.58. The second kappa shape index (κ2) is 8.37. The maximum atomic E-state index is 11.6.